The van der Waals surface area contributed by atoms with Crippen LogP contribution in [0.25, 0.3) is 0 Å². The molecule has 0 radical (unpaired) electrons. The van der Waals surface area contributed by atoms with Crippen LogP contribution < -0.4 is 5.11 Å². The van der Waals surface area contributed by atoms with E-state index >= 15 is 0 Å². The van der Waals surface area contributed by atoms with Crippen molar-refractivity contribution in [2.24, 2.45) is 11.8 Å². The summed E-state index contributed by atoms with van der Waals surface area (Å²) in [6.45, 7) is 2.20. The van der Waals surface area contributed by atoms with Crippen LogP contribution in [0.4, 0.5) is 0 Å². The smallest absolute Gasteiger partial charge is 0.159 e. The van der Waals surface area contributed by atoms with E-state index in [4.69, 9.17) is 0 Å². The number of unbranched alkanes of at least 4 members (excludes halogenated alkanes) is 6. The average Bonchev–Trinajstić information content (AvgIpc) is 2.79. The minimum atomic E-state index is -0.951. The molecule has 0 aromatic heterocycles. The summed E-state index contributed by atoms with van der Waals surface area (Å²) in [4.78, 5) is 22.2. The van der Waals surface area contributed by atoms with E-state index in [0.717, 1.165) is 38.5 Å². The average molecular weight is 293 g/mol. The number of aliphatic carboxylic acids is 1. The van der Waals surface area contributed by atoms with E-state index in [2.05, 4.69) is 13.0 Å². The van der Waals surface area contributed by atoms with E-state index in [1.165, 1.54) is 19.3 Å². The molecule has 3 nitrogen and oxygen atoms in total. The second-order valence-electron chi connectivity index (χ2n) is 6.21. The highest BCUT2D eigenvalue weighted by Gasteiger charge is 2.28. The lowest BCUT2D eigenvalue weighted by Gasteiger charge is -2.17. The molecule has 0 aromatic carbocycles. The zero-order valence-corrected chi connectivity index (χ0v) is 13.3. The summed E-state index contributed by atoms with van der Waals surface area (Å²) >= 11 is 0. The van der Waals surface area contributed by atoms with Crippen LogP contribution in [0.2, 0.25) is 0 Å². The zero-order valence-electron chi connectivity index (χ0n) is 13.3. The van der Waals surface area contributed by atoms with E-state index in [0.29, 0.717) is 18.1 Å². The highest BCUT2D eigenvalue weighted by Crippen LogP contribution is 2.31. The van der Waals surface area contributed by atoms with Crippen molar-refractivity contribution in [3.05, 3.63) is 12.2 Å². The molecule has 0 fully saturated rings. The Labute approximate surface area is 128 Å². The molecule has 0 amide bonds. The van der Waals surface area contributed by atoms with Gasteiger partial charge in [0.15, 0.2) is 5.78 Å². The van der Waals surface area contributed by atoms with Crippen molar-refractivity contribution in [1.29, 1.82) is 0 Å². The third-order valence-corrected chi connectivity index (χ3v) is 4.43. The lowest BCUT2D eigenvalue weighted by atomic mass is 9.86. The molecule has 21 heavy (non-hydrogen) atoms. The van der Waals surface area contributed by atoms with Gasteiger partial charge >= 0.3 is 0 Å². The number of carboxylic acid groups (broad SMARTS) is 1. The van der Waals surface area contributed by atoms with Crippen molar-refractivity contribution in [3.63, 3.8) is 0 Å². The maximum Gasteiger partial charge on any atom is 0.159 e. The molecule has 0 N–H and O–H groups in total. The van der Waals surface area contributed by atoms with Crippen LogP contribution in [-0.4, -0.2) is 11.8 Å². The molecule has 1 aliphatic carbocycles. The Morgan fingerprint density at radius 1 is 1.05 bits per heavy atom. The molecule has 0 heterocycles. The van der Waals surface area contributed by atoms with Crippen molar-refractivity contribution < 1.29 is 14.7 Å². The summed E-state index contributed by atoms with van der Waals surface area (Å²) in [5.41, 5.74) is 0. The highest BCUT2D eigenvalue weighted by atomic mass is 16.4. The van der Waals surface area contributed by atoms with E-state index < -0.39 is 5.97 Å². The Balaban J connectivity index is 2.11. The number of carbonyl (C=O) groups excluding carboxylic acids is 2. The molecule has 0 saturated carbocycles. The van der Waals surface area contributed by atoms with Crippen LogP contribution in [0.5, 0.6) is 0 Å². The fourth-order valence-corrected chi connectivity index (χ4v) is 3.13. The van der Waals surface area contributed by atoms with E-state index in [1.54, 1.807) is 6.08 Å². The summed E-state index contributed by atoms with van der Waals surface area (Å²) in [6, 6.07) is 0. The largest absolute Gasteiger partial charge is 0.550 e. The predicted molar refractivity (Wildman–Crippen MR) is 82.6 cm³/mol. The molecule has 0 spiro atoms. The van der Waals surface area contributed by atoms with Crippen LogP contribution in [0.1, 0.15) is 77.6 Å². The van der Waals surface area contributed by atoms with Crippen LogP contribution in [0, 0.1) is 11.8 Å². The second kappa shape index (κ2) is 10.6. The van der Waals surface area contributed by atoms with Gasteiger partial charge in [-0.25, -0.2) is 0 Å². The first kappa shape index (κ1) is 17.9. The van der Waals surface area contributed by atoms with Gasteiger partial charge in [-0.3, -0.25) is 4.79 Å². The maximum absolute atomic E-state index is 11.9. The Kier molecular flexibility index (Phi) is 9.04. The van der Waals surface area contributed by atoms with Crippen LogP contribution in [0.3, 0.4) is 0 Å². The molecule has 1 rings (SSSR count). The molecule has 0 aromatic rings. The number of carboxylic acids is 1. The predicted octanol–water partition coefficient (Wildman–Crippen LogP) is 3.42. The number of hydrogen-bond acceptors (Lipinski definition) is 3. The Morgan fingerprint density at radius 3 is 2.43 bits per heavy atom. The molecular weight excluding hydrogens is 264 g/mol. The third kappa shape index (κ3) is 7.45. The monoisotopic (exact) mass is 293 g/mol. The Hall–Kier alpha value is -1.12. The van der Waals surface area contributed by atoms with E-state index in [1.807, 2.05) is 0 Å². The molecule has 2 atom stereocenters. The summed E-state index contributed by atoms with van der Waals surface area (Å²) < 4.78 is 0. The van der Waals surface area contributed by atoms with Gasteiger partial charge < -0.3 is 9.90 Å². The first-order valence-corrected chi connectivity index (χ1v) is 8.57. The third-order valence-electron chi connectivity index (χ3n) is 4.43. The fourth-order valence-electron chi connectivity index (χ4n) is 3.13. The molecule has 0 bridgehead atoms. The number of hydrogen-bond donors (Lipinski definition) is 0. The minimum Gasteiger partial charge on any atom is -0.550 e. The van der Waals surface area contributed by atoms with E-state index in [-0.39, 0.29) is 12.3 Å². The SMILES string of the molecule is CCCCC[C@@H]1C=CC(=O)[C@@H]1CCCCCCCC(=O)[O-]. The van der Waals surface area contributed by atoms with Gasteiger partial charge in [0.05, 0.1) is 0 Å². The topological polar surface area (TPSA) is 57.2 Å². The Morgan fingerprint density at radius 2 is 1.71 bits per heavy atom. The summed E-state index contributed by atoms with van der Waals surface area (Å²) in [6.07, 6.45) is 14.8. The quantitative estimate of drug-likeness (QED) is 0.518. The van der Waals surface area contributed by atoms with E-state index in [9.17, 15) is 14.7 Å². The van der Waals surface area contributed by atoms with Crippen LogP contribution in [0.15, 0.2) is 12.2 Å². The standard InChI is InChI=1S/C18H30O3/c1-2-3-7-10-15-13-14-17(19)16(15)11-8-5-4-6-9-12-18(20)21/h13-16H,2-12H2,1H3,(H,20,21)/p-1/t15-,16-/m1/s1. The summed E-state index contributed by atoms with van der Waals surface area (Å²) in [5.74, 6) is 0.0354. The number of carbonyl (C=O) groups is 2. The van der Waals surface area contributed by atoms with Gasteiger partial charge in [0, 0.05) is 11.9 Å². The van der Waals surface area contributed by atoms with Gasteiger partial charge in [0.1, 0.15) is 0 Å². The van der Waals surface area contributed by atoms with Gasteiger partial charge in [-0.2, -0.15) is 0 Å². The van der Waals surface area contributed by atoms with Gasteiger partial charge in [-0.05, 0) is 37.7 Å². The van der Waals surface area contributed by atoms with Crippen molar-refractivity contribution in [2.75, 3.05) is 0 Å². The second-order valence-corrected chi connectivity index (χ2v) is 6.21. The number of rotatable bonds is 12. The van der Waals surface area contributed by atoms with Crippen LogP contribution >= 0.6 is 0 Å². The van der Waals surface area contributed by atoms with Crippen molar-refractivity contribution >= 4 is 11.8 Å². The summed E-state index contributed by atoms with van der Waals surface area (Å²) in [5, 5.41) is 10.3. The van der Waals surface area contributed by atoms with Crippen molar-refractivity contribution in [1.82, 2.24) is 0 Å². The highest BCUT2D eigenvalue weighted by molar-refractivity contribution is 5.94. The molecule has 3 heteroatoms. The first-order chi connectivity index (χ1) is 10.1. The van der Waals surface area contributed by atoms with Gasteiger partial charge in [0.2, 0.25) is 0 Å². The number of ketones is 1. The molecular formula is C18H29O3-. The van der Waals surface area contributed by atoms with Gasteiger partial charge in [-0.1, -0.05) is 57.9 Å². The first-order valence-electron chi connectivity index (χ1n) is 8.57. The van der Waals surface area contributed by atoms with Crippen molar-refractivity contribution in [2.45, 2.75) is 77.6 Å². The molecule has 1 aliphatic rings. The number of allylic oxidation sites excluding steroid dienone is 2. The maximum atomic E-state index is 11.9. The van der Waals surface area contributed by atoms with Crippen molar-refractivity contribution in [3.8, 4) is 0 Å². The van der Waals surface area contributed by atoms with Gasteiger partial charge in [0.25, 0.3) is 0 Å². The minimum absolute atomic E-state index is 0.171. The zero-order chi connectivity index (χ0) is 15.5. The normalized spacial score (nSPS) is 21.1. The lowest BCUT2D eigenvalue weighted by Crippen LogP contribution is -2.21. The fraction of sp³-hybridized carbons (Fsp3) is 0.778. The molecule has 0 saturated heterocycles. The molecule has 120 valence electrons. The lowest BCUT2D eigenvalue weighted by molar-refractivity contribution is -0.305. The van der Waals surface area contributed by atoms with Gasteiger partial charge in [-0.15, -0.1) is 0 Å². The molecule has 0 aliphatic heterocycles. The Bertz CT molecular complexity index is 346. The molecule has 0 unspecified atom stereocenters. The summed E-state index contributed by atoms with van der Waals surface area (Å²) in [7, 11) is 0. The van der Waals surface area contributed by atoms with Crippen LogP contribution in [-0.2, 0) is 9.59 Å².